The van der Waals surface area contributed by atoms with E-state index < -0.39 is 0 Å². The van der Waals surface area contributed by atoms with E-state index in [1.54, 1.807) is 6.07 Å². The number of benzene rings is 2. The second-order valence-corrected chi connectivity index (χ2v) is 4.97. The molecule has 2 aromatic rings. The predicted octanol–water partition coefficient (Wildman–Crippen LogP) is 4.61. The summed E-state index contributed by atoms with van der Waals surface area (Å²) in [6, 6.07) is 13.0. The lowest BCUT2D eigenvalue weighted by molar-refractivity contribution is 0.317. The van der Waals surface area contributed by atoms with Crippen molar-refractivity contribution in [2.24, 2.45) is 0 Å². The molecule has 0 atom stereocenters. The van der Waals surface area contributed by atoms with E-state index in [0.717, 1.165) is 34.7 Å². The molecule has 0 radical (unpaired) electrons. The highest BCUT2D eigenvalue weighted by molar-refractivity contribution is 9.10. The number of anilines is 1. The van der Waals surface area contributed by atoms with Gasteiger partial charge < -0.3 is 15.2 Å². The van der Waals surface area contributed by atoms with Gasteiger partial charge in [0.1, 0.15) is 17.2 Å². The van der Waals surface area contributed by atoms with Gasteiger partial charge in [-0.25, -0.2) is 0 Å². The van der Waals surface area contributed by atoms with Crippen molar-refractivity contribution in [1.82, 2.24) is 0 Å². The summed E-state index contributed by atoms with van der Waals surface area (Å²) >= 11 is 3.42. The molecule has 0 amide bonds. The maximum Gasteiger partial charge on any atom is 0.141 e. The fraction of sp³-hybridized carbons (Fsp3) is 0.200. The van der Waals surface area contributed by atoms with Crippen molar-refractivity contribution in [3.05, 3.63) is 46.9 Å². The van der Waals surface area contributed by atoms with E-state index in [9.17, 15) is 0 Å². The van der Waals surface area contributed by atoms with Crippen LogP contribution in [0.25, 0.3) is 0 Å². The fourth-order valence-corrected chi connectivity index (χ4v) is 2.03. The van der Waals surface area contributed by atoms with Gasteiger partial charge in [-0.05, 0) is 64.8 Å². The van der Waals surface area contributed by atoms with Crippen LogP contribution >= 0.6 is 15.9 Å². The standard InChI is InChI=1S/C15H16BrNO2/c1-2-9-18-12-4-6-13(7-5-12)19-15-8-3-11(17)10-14(15)16/h3-8,10H,2,9,17H2,1H3. The van der Waals surface area contributed by atoms with Crippen molar-refractivity contribution in [3.63, 3.8) is 0 Å². The Morgan fingerprint density at radius 2 is 1.74 bits per heavy atom. The second kappa shape index (κ2) is 6.48. The summed E-state index contributed by atoms with van der Waals surface area (Å²) in [7, 11) is 0. The van der Waals surface area contributed by atoms with Crippen LogP contribution in [0.2, 0.25) is 0 Å². The summed E-state index contributed by atoms with van der Waals surface area (Å²) in [5, 5.41) is 0. The number of hydrogen-bond donors (Lipinski definition) is 1. The van der Waals surface area contributed by atoms with Gasteiger partial charge in [-0.2, -0.15) is 0 Å². The van der Waals surface area contributed by atoms with Crippen LogP contribution in [0, 0.1) is 0 Å². The Morgan fingerprint density at radius 1 is 1.05 bits per heavy atom. The molecule has 0 heterocycles. The Balaban J connectivity index is 2.06. The van der Waals surface area contributed by atoms with Crippen LogP contribution < -0.4 is 15.2 Å². The van der Waals surface area contributed by atoms with Crippen molar-refractivity contribution < 1.29 is 9.47 Å². The smallest absolute Gasteiger partial charge is 0.141 e. The quantitative estimate of drug-likeness (QED) is 0.818. The molecule has 0 aliphatic carbocycles. The van der Waals surface area contributed by atoms with Gasteiger partial charge in [0.15, 0.2) is 0 Å². The lowest BCUT2D eigenvalue weighted by Crippen LogP contribution is -1.94. The molecule has 0 bridgehead atoms. The summed E-state index contributed by atoms with van der Waals surface area (Å²) in [5.74, 6) is 2.34. The van der Waals surface area contributed by atoms with E-state index in [-0.39, 0.29) is 0 Å². The molecule has 4 heteroatoms. The van der Waals surface area contributed by atoms with Crippen LogP contribution in [0.1, 0.15) is 13.3 Å². The molecule has 0 spiro atoms. The molecule has 3 nitrogen and oxygen atoms in total. The highest BCUT2D eigenvalue weighted by Gasteiger charge is 2.03. The van der Waals surface area contributed by atoms with Crippen molar-refractivity contribution >= 4 is 21.6 Å². The Kier molecular flexibility index (Phi) is 4.68. The van der Waals surface area contributed by atoms with Gasteiger partial charge in [0, 0.05) is 5.69 Å². The summed E-state index contributed by atoms with van der Waals surface area (Å²) in [4.78, 5) is 0. The lowest BCUT2D eigenvalue weighted by Gasteiger charge is -2.09. The molecule has 19 heavy (non-hydrogen) atoms. The molecular weight excluding hydrogens is 306 g/mol. The average Bonchev–Trinajstić information content (AvgIpc) is 2.41. The zero-order valence-electron chi connectivity index (χ0n) is 10.7. The minimum atomic E-state index is 0.697. The molecule has 100 valence electrons. The molecule has 0 fully saturated rings. The number of nitrogens with two attached hydrogens (primary N) is 1. The normalized spacial score (nSPS) is 10.2. The fourth-order valence-electron chi connectivity index (χ4n) is 1.55. The van der Waals surface area contributed by atoms with Crippen molar-refractivity contribution in [1.29, 1.82) is 0 Å². The van der Waals surface area contributed by atoms with Crippen LogP contribution in [-0.2, 0) is 0 Å². The maximum atomic E-state index is 5.77. The van der Waals surface area contributed by atoms with Gasteiger partial charge in [0.25, 0.3) is 0 Å². The van der Waals surface area contributed by atoms with Crippen LogP contribution in [0.15, 0.2) is 46.9 Å². The van der Waals surface area contributed by atoms with Gasteiger partial charge in [-0.15, -0.1) is 0 Å². The van der Waals surface area contributed by atoms with Gasteiger partial charge in [-0.1, -0.05) is 6.92 Å². The molecule has 0 aliphatic rings. The second-order valence-electron chi connectivity index (χ2n) is 4.11. The molecule has 0 aromatic heterocycles. The Morgan fingerprint density at radius 3 is 2.37 bits per heavy atom. The third kappa shape index (κ3) is 3.89. The minimum absolute atomic E-state index is 0.697. The van der Waals surface area contributed by atoms with Crippen LogP contribution in [0.5, 0.6) is 17.2 Å². The van der Waals surface area contributed by atoms with E-state index in [1.165, 1.54) is 0 Å². The first-order valence-corrected chi connectivity index (χ1v) is 6.94. The molecule has 0 aliphatic heterocycles. The summed E-state index contributed by atoms with van der Waals surface area (Å²) < 4.78 is 12.1. The summed E-state index contributed by atoms with van der Waals surface area (Å²) in [6.45, 7) is 2.81. The maximum absolute atomic E-state index is 5.77. The van der Waals surface area contributed by atoms with Gasteiger partial charge in [0.05, 0.1) is 11.1 Å². The van der Waals surface area contributed by atoms with E-state index in [0.29, 0.717) is 5.69 Å². The molecular formula is C15H16BrNO2. The van der Waals surface area contributed by atoms with E-state index in [1.807, 2.05) is 36.4 Å². The van der Waals surface area contributed by atoms with Crippen LogP contribution in [0.4, 0.5) is 5.69 Å². The van der Waals surface area contributed by atoms with Crippen molar-refractivity contribution in [2.45, 2.75) is 13.3 Å². The molecule has 0 unspecified atom stereocenters. The van der Waals surface area contributed by atoms with Crippen molar-refractivity contribution in [2.75, 3.05) is 12.3 Å². The Bertz CT molecular complexity index is 540. The lowest BCUT2D eigenvalue weighted by atomic mass is 10.3. The topological polar surface area (TPSA) is 44.5 Å². The SMILES string of the molecule is CCCOc1ccc(Oc2ccc(N)cc2Br)cc1. The number of halogens is 1. The minimum Gasteiger partial charge on any atom is -0.494 e. The molecule has 0 saturated heterocycles. The van der Waals surface area contributed by atoms with E-state index >= 15 is 0 Å². The first-order chi connectivity index (χ1) is 9.19. The Hall–Kier alpha value is -1.68. The van der Waals surface area contributed by atoms with Gasteiger partial charge in [0.2, 0.25) is 0 Å². The third-order valence-electron chi connectivity index (χ3n) is 2.48. The molecule has 2 rings (SSSR count). The highest BCUT2D eigenvalue weighted by atomic mass is 79.9. The molecule has 2 aromatic carbocycles. The van der Waals surface area contributed by atoms with E-state index in [4.69, 9.17) is 15.2 Å². The van der Waals surface area contributed by atoms with Gasteiger partial charge in [-0.3, -0.25) is 0 Å². The third-order valence-corrected chi connectivity index (χ3v) is 3.10. The van der Waals surface area contributed by atoms with E-state index in [2.05, 4.69) is 22.9 Å². The summed E-state index contributed by atoms with van der Waals surface area (Å²) in [6.07, 6.45) is 0.997. The first kappa shape index (κ1) is 13.7. The predicted molar refractivity (Wildman–Crippen MR) is 80.9 cm³/mol. The molecule has 0 saturated carbocycles. The van der Waals surface area contributed by atoms with Crippen LogP contribution in [-0.4, -0.2) is 6.61 Å². The number of ether oxygens (including phenoxy) is 2. The number of nitrogen functional groups attached to an aromatic ring is 1. The average molecular weight is 322 g/mol. The number of rotatable bonds is 5. The Labute approximate surface area is 121 Å². The monoisotopic (exact) mass is 321 g/mol. The summed E-state index contributed by atoms with van der Waals surface area (Å²) in [5.41, 5.74) is 6.38. The largest absolute Gasteiger partial charge is 0.494 e. The highest BCUT2D eigenvalue weighted by Crippen LogP contribution is 2.31. The number of hydrogen-bond acceptors (Lipinski definition) is 3. The zero-order chi connectivity index (χ0) is 13.7. The molecule has 2 N–H and O–H groups in total. The first-order valence-electron chi connectivity index (χ1n) is 6.15. The van der Waals surface area contributed by atoms with Gasteiger partial charge >= 0.3 is 0 Å². The van der Waals surface area contributed by atoms with Crippen molar-refractivity contribution in [3.8, 4) is 17.2 Å². The zero-order valence-corrected chi connectivity index (χ0v) is 12.3. The van der Waals surface area contributed by atoms with Crippen LogP contribution in [0.3, 0.4) is 0 Å².